The van der Waals surface area contributed by atoms with Crippen LogP contribution in [0.15, 0.2) is 29.3 Å². The standard InChI is InChI=1S/C20H29N5OS/c1-15-19(27-16(2)23-15)9-10-22-20(21-3)25-13-11-24(12-14-25)17-7-5-6-8-18(17)26-4/h5-8H,9-14H2,1-4H3,(H,21,22). The molecule has 1 saturated heterocycles. The van der Waals surface area contributed by atoms with Crippen LogP contribution in [0.5, 0.6) is 5.75 Å². The molecule has 0 saturated carbocycles. The Balaban J connectivity index is 1.52. The molecule has 2 heterocycles. The number of aromatic nitrogens is 1. The molecule has 3 rings (SSSR count). The molecule has 0 atom stereocenters. The normalized spacial score (nSPS) is 15.2. The zero-order valence-electron chi connectivity index (χ0n) is 16.7. The smallest absolute Gasteiger partial charge is 0.193 e. The largest absolute Gasteiger partial charge is 0.495 e. The molecule has 1 aliphatic rings. The highest BCUT2D eigenvalue weighted by atomic mass is 32.1. The number of methoxy groups -OCH3 is 1. The molecule has 27 heavy (non-hydrogen) atoms. The Labute approximate surface area is 165 Å². The third-order valence-electron chi connectivity index (χ3n) is 4.85. The molecule has 1 N–H and O–H groups in total. The molecule has 1 aromatic carbocycles. The van der Waals surface area contributed by atoms with Crippen molar-refractivity contribution < 1.29 is 4.74 Å². The number of aryl methyl sites for hydroxylation is 2. The first-order chi connectivity index (χ1) is 13.1. The Morgan fingerprint density at radius 3 is 2.59 bits per heavy atom. The van der Waals surface area contributed by atoms with Crippen LogP contribution in [-0.4, -0.2) is 62.7 Å². The number of nitrogens with one attached hydrogen (secondary N) is 1. The van der Waals surface area contributed by atoms with E-state index in [-0.39, 0.29) is 0 Å². The highest BCUT2D eigenvalue weighted by Gasteiger charge is 2.21. The molecule has 0 radical (unpaired) electrons. The van der Waals surface area contributed by atoms with Crippen LogP contribution in [0.3, 0.4) is 0 Å². The van der Waals surface area contributed by atoms with Crippen LogP contribution < -0.4 is 15.0 Å². The summed E-state index contributed by atoms with van der Waals surface area (Å²) in [5, 5.41) is 4.65. The maximum atomic E-state index is 5.51. The van der Waals surface area contributed by atoms with E-state index < -0.39 is 0 Å². The lowest BCUT2D eigenvalue weighted by molar-refractivity contribution is 0.367. The minimum Gasteiger partial charge on any atom is -0.495 e. The number of thiazole rings is 1. The first kappa shape index (κ1) is 19.5. The summed E-state index contributed by atoms with van der Waals surface area (Å²) in [6.45, 7) is 8.82. The Morgan fingerprint density at radius 2 is 1.96 bits per heavy atom. The van der Waals surface area contributed by atoms with E-state index in [1.165, 1.54) is 10.6 Å². The number of hydrogen-bond acceptors (Lipinski definition) is 5. The predicted molar refractivity (Wildman–Crippen MR) is 113 cm³/mol. The van der Waals surface area contributed by atoms with Gasteiger partial charge in [-0.3, -0.25) is 4.99 Å². The van der Waals surface area contributed by atoms with Gasteiger partial charge < -0.3 is 19.9 Å². The molecular weight excluding hydrogens is 358 g/mol. The van der Waals surface area contributed by atoms with Crippen LogP contribution in [-0.2, 0) is 6.42 Å². The topological polar surface area (TPSA) is 53.0 Å². The lowest BCUT2D eigenvalue weighted by atomic mass is 10.2. The number of hydrogen-bond donors (Lipinski definition) is 1. The summed E-state index contributed by atoms with van der Waals surface area (Å²) in [6, 6.07) is 8.22. The number of guanidine groups is 1. The van der Waals surface area contributed by atoms with Crippen LogP contribution in [0.2, 0.25) is 0 Å². The SMILES string of the molecule is CN=C(NCCc1sc(C)nc1C)N1CCN(c2ccccc2OC)CC1. The molecule has 0 unspecified atom stereocenters. The van der Waals surface area contributed by atoms with Gasteiger partial charge in [0.1, 0.15) is 5.75 Å². The lowest BCUT2D eigenvalue weighted by Crippen LogP contribution is -2.52. The van der Waals surface area contributed by atoms with Gasteiger partial charge in [0.2, 0.25) is 0 Å². The molecule has 0 spiro atoms. The van der Waals surface area contributed by atoms with Crippen molar-refractivity contribution in [1.29, 1.82) is 0 Å². The summed E-state index contributed by atoms with van der Waals surface area (Å²) in [6.07, 6.45) is 0.984. The second kappa shape index (κ2) is 9.08. The molecule has 2 aromatic rings. The van der Waals surface area contributed by atoms with Gasteiger partial charge in [-0.25, -0.2) is 4.98 Å². The average molecular weight is 388 g/mol. The monoisotopic (exact) mass is 387 g/mol. The summed E-state index contributed by atoms with van der Waals surface area (Å²) in [7, 11) is 3.59. The molecule has 6 nitrogen and oxygen atoms in total. The van der Waals surface area contributed by atoms with Crippen molar-refractivity contribution in [3.05, 3.63) is 39.8 Å². The Kier molecular flexibility index (Phi) is 6.55. The van der Waals surface area contributed by atoms with E-state index in [0.29, 0.717) is 0 Å². The van der Waals surface area contributed by atoms with Crippen molar-refractivity contribution in [2.75, 3.05) is 51.8 Å². The first-order valence-electron chi connectivity index (χ1n) is 9.39. The zero-order valence-corrected chi connectivity index (χ0v) is 17.5. The van der Waals surface area contributed by atoms with Crippen LogP contribution in [0.4, 0.5) is 5.69 Å². The molecule has 1 aromatic heterocycles. The Hall–Kier alpha value is -2.28. The summed E-state index contributed by atoms with van der Waals surface area (Å²) in [5.74, 6) is 1.91. The Morgan fingerprint density at radius 1 is 1.22 bits per heavy atom. The van der Waals surface area contributed by atoms with Crippen molar-refractivity contribution in [1.82, 2.24) is 15.2 Å². The second-order valence-electron chi connectivity index (χ2n) is 6.61. The minimum atomic E-state index is 0.877. The van der Waals surface area contributed by atoms with Crippen LogP contribution in [0, 0.1) is 13.8 Å². The first-order valence-corrected chi connectivity index (χ1v) is 10.2. The number of ether oxygens (including phenoxy) is 1. The van der Waals surface area contributed by atoms with Crippen molar-refractivity contribution >= 4 is 23.0 Å². The molecular formula is C20H29N5OS. The molecule has 146 valence electrons. The number of para-hydroxylation sites is 2. The maximum Gasteiger partial charge on any atom is 0.193 e. The lowest BCUT2D eigenvalue weighted by Gasteiger charge is -2.38. The number of aliphatic imine (C=N–C) groups is 1. The fourth-order valence-electron chi connectivity index (χ4n) is 3.48. The second-order valence-corrected chi connectivity index (χ2v) is 7.90. The quantitative estimate of drug-likeness (QED) is 0.632. The number of benzene rings is 1. The number of rotatable bonds is 5. The third-order valence-corrected chi connectivity index (χ3v) is 5.98. The van der Waals surface area contributed by atoms with Gasteiger partial charge in [-0.15, -0.1) is 11.3 Å². The van der Waals surface area contributed by atoms with E-state index >= 15 is 0 Å². The van der Waals surface area contributed by atoms with E-state index in [4.69, 9.17) is 4.74 Å². The highest BCUT2D eigenvalue weighted by molar-refractivity contribution is 7.11. The molecule has 0 bridgehead atoms. The van der Waals surface area contributed by atoms with E-state index in [0.717, 1.165) is 61.6 Å². The van der Waals surface area contributed by atoms with Crippen molar-refractivity contribution in [3.63, 3.8) is 0 Å². The van der Waals surface area contributed by atoms with Gasteiger partial charge in [0.15, 0.2) is 5.96 Å². The number of anilines is 1. The van der Waals surface area contributed by atoms with Crippen LogP contribution >= 0.6 is 11.3 Å². The highest BCUT2D eigenvalue weighted by Crippen LogP contribution is 2.28. The van der Waals surface area contributed by atoms with Crippen molar-refractivity contribution in [2.45, 2.75) is 20.3 Å². The van der Waals surface area contributed by atoms with Gasteiger partial charge in [0, 0.05) is 51.1 Å². The van der Waals surface area contributed by atoms with Crippen molar-refractivity contribution in [2.24, 2.45) is 4.99 Å². The fraction of sp³-hybridized carbons (Fsp3) is 0.500. The van der Waals surface area contributed by atoms with Gasteiger partial charge in [-0.1, -0.05) is 12.1 Å². The molecule has 0 amide bonds. The molecule has 1 fully saturated rings. The Bertz CT molecular complexity index is 780. The maximum absolute atomic E-state index is 5.51. The fourth-order valence-corrected chi connectivity index (χ4v) is 4.41. The molecule has 0 aliphatic carbocycles. The van der Waals surface area contributed by atoms with Gasteiger partial charge >= 0.3 is 0 Å². The van der Waals surface area contributed by atoms with E-state index in [9.17, 15) is 0 Å². The van der Waals surface area contributed by atoms with Gasteiger partial charge in [0.25, 0.3) is 0 Å². The summed E-state index contributed by atoms with van der Waals surface area (Å²) >= 11 is 1.79. The van der Waals surface area contributed by atoms with E-state index in [2.05, 4.69) is 51.1 Å². The van der Waals surface area contributed by atoms with E-state index in [1.807, 2.05) is 19.2 Å². The average Bonchev–Trinajstić information content (AvgIpc) is 3.02. The predicted octanol–water partition coefficient (Wildman–Crippen LogP) is 2.71. The summed E-state index contributed by atoms with van der Waals surface area (Å²) < 4.78 is 5.51. The minimum absolute atomic E-state index is 0.877. The van der Waals surface area contributed by atoms with Gasteiger partial charge in [0.05, 0.1) is 23.5 Å². The van der Waals surface area contributed by atoms with E-state index in [1.54, 1.807) is 18.4 Å². The number of piperazine rings is 1. The number of nitrogens with zero attached hydrogens (tertiary/aromatic N) is 4. The van der Waals surface area contributed by atoms with Crippen molar-refractivity contribution in [3.8, 4) is 5.75 Å². The van der Waals surface area contributed by atoms with Gasteiger partial charge in [-0.2, -0.15) is 0 Å². The summed E-state index contributed by atoms with van der Waals surface area (Å²) in [4.78, 5) is 15.1. The molecule has 7 heteroatoms. The summed E-state index contributed by atoms with van der Waals surface area (Å²) in [5.41, 5.74) is 2.32. The van der Waals surface area contributed by atoms with Gasteiger partial charge in [-0.05, 0) is 26.0 Å². The molecule has 1 aliphatic heterocycles. The third kappa shape index (κ3) is 4.71. The zero-order chi connectivity index (χ0) is 19.2. The van der Waals surface area contributed by atoms with Crippen LogP contribution in [0.1, 0.15) is 15.6 Å². The van der Waals surface area contributed by atoms with Crippen LogP contribution in [0.25, 0.3) is 0 Å².